The van der Waals surface area contributed by atoms with Gasteiger partial charge in [0.05, 0.1) is 12.8 Å². The molecule has 1 saturated heterocycles. The first kappa shape index (κ1) is 24.6. The first-order chi connectivity index (χ1) is 12.7. The van der Waals surface area contributed by atoms with E-state index in [9.17, 15) is 4.79 Å². The zero-order chi connectivity index (χ0) is 20.0. The van der Waals surface area contributed by atoms with Gasteiger partial charge >= 0.3 is 5.97 Å². The van der Waals surface area contributed by atoms with E-state index in [1.807, 2.05) is 39.0 Å². The molecule has 0 bridgehead atoms. The van der Waals surface area contributed by atoms with Crippen LogP contribution in [0.2, 0.25) is 5.02 Å². The smallest absolute Gasteiger partial charge is 0.325 e. The minimum Gasteiger partial charge on any atom is -0.495 e. The quantitative estimate of drug-likeness (QED) is 0.267. The summed E-state index contributed by atoms with van der Waals surface area (Å²) in [4.78, 5) is 18.3. The third kappa shape index (κ3) is 7.54. The average Bonchev–Trinajstić information content (AvgIpc) is 3.05. The maximum absolute atomic E-state index is 11.9. The monoisotopic (exact) mass is 524 g/mol. The molecule has 0 amide bonds. The normalized spacial score (nSPS) is 17.0. The number of halogens is 2. The summed E-state index contributed by atoms with van der Waals surface area (Å²) in [5, 5.41) is 7.03. The fourth-order valence-electron chi connectivity index (χ4n) is 2.93. The van der Waals surface area contributed by atoms with Crippen LogP contribution in [0.1, 0.15) is 27.2 Å². The molecule has 1 fully saturated rings. The van der Waals surface area contributed by atoms with Crippen molar-refractivity contribution in [3.05, 3.63) is 23.2 Å². The summed E-state index contributed by atoms with van der Waals surface area (Å²) in [6.45, 7) is 7.25. The Hall–Kier alpha value is -1.42. The van der Waals surface area contributed by atoms with Crippen molar-refractivity contribution in [2.45, 2.75) is 38.8 Å². The van der Waals surface area contributed by atoms with Crippen LogP contribution in [0.25, 0.3) is 0 Å². The number of ether oxygens (including phenoxy) is 2. The van der Waals surface area contributed by atoms with Crippen molar-refractivity contribution >= 4 is 53.2 Å². The lowest BCUT2D eigenvalue weighted by atomic mass is 10.2. The van der Waals surface area contributed by atoms with Gasteiger partial charge in [-0.25, -0.2) is 0 Å². The summed E-state index contributed by atoms with van der Waals surface area (Å²) in [6.07, 6.45) is 0.933. The number of methoxy groups -OCH3 is 1. The van der Waals surface area contributed by atoms with Gasteiger partial charge in [-0.1, -0.05) is 11.6 Å². The van der Waals surface area contributed by atoms with Crippen molar-refractivity contribution in [1.82, 2.24) is 10.6 Å². The van der Waals surface area contributed by atoms with Gasteiger partial charge in [-0.3, -0.25) is 9.79 Å². The molecule has 0 radical (unpaired) electrons. The minimum absolute atomic E-state index is 0. The van der Waals surface area contributed by atoms with Crippen molar-refractivity contribution in [2.24, 2.45) is 4.99 Å². The molecule has 1 aliphatic heterocycles. The predicted molar refractivity (Wildman–Crippen MR) is 124 cm³/mol. The van der Waals surface area contributed by atoms with Crippen molar-refractivity contribution in [3.8, 4) is 5.75 Å². The summed E-state index contributed by atoms with van der Waals surface area (Å²) in [5.74, 6) is 1.06. The van der Waals surface area contributed by atoms with Crippen LogP contribution >= 0.6 is 35.6 Å². The molecule has 0 spiro atoms. The molecular weight excluding hydrogens is 495 g/mol. The van der Waals surface area contributed by atoms with E-state index in [1.165, 1.54) is 0 Å². The van der Waals surface area contributed by atoms with Crippen LogP contribution in [-0.4, -0.2) is 57.4 Å². The SMILES string of the molecule is CN=C(NCC(=O)OC(C)(C)C)NC1CCN(c2cc(Cl)ccc2OC)C1.I. The summed E-state index contributed by atoms with van der Waals surface area (Å²) >= 11 is 6.14. The second-order valence-corrected chi connectivity index (χ2v) is 7.84. The standard InChI is InChI=1S/C19H29ClN4O3.HI/c1-19(2,3)27-17(25)11-22-18(21-4)23-14-8-9-24(12-14)15-10-13(20)6-7-16(15)26-5;/h6-7,10,14H,8-9,11-12H2,1-5H3,(H2,21,22,23);1H. The summed E-state index contributed by atoms with van der Waals surface area (Å²) < 4.78 is 10.7. The van der Waals surface area contributed by atoms with Crippen molar-refractivity contribution in [2.75, 3.05) is 38.7 Å². The number of esters is 1. The number of nitrogens with zero attached hydrogens (tertiary/aromatic N) is 2. The van der Waals surface area contributed by atoms with E-state index in [1.54, 1.807) is 14.2 Å². The molecule has 1 aliphatic rings. The van der Waals surface area contributed by atoms with E-state index in [0.717, 1.165) is 30.9 Å². The molecule has 1 aromatic rings. The Morgan fingerprint density at radius 1 is 1.39 bits per heavy atom. The van der Waals surface area contributed by atoms with E-state index in [0.29, 0.717) is 11.0 Å². The Bertz CT molecular complexity index is 694. The summed E-state index contributed by atoms with van der Waals surface area (Å²) in [5.41, 5.74) is 0.475. The molecule has 1 heterocycles. The molecule has 158 valence electrons. The lowest BCUT2D eigenvalue weighted by Gasteiger charge is -2.23. The van der Waals surface area contributed by atoms with Crippen LogP contribution in [0, 0.1) is 0 Å². The highest BCUT2D eigenvalue weighted by atomic mass is 127. The zero-order valence-corrected chi connectivity index (χ0v) is 20.1. The largest absolute Gasteiger partial charge is 0.495 e. The Balaban J connectivity index is 0.00000392. The predicted octanol–water partition coefficient (Wildman–Crippen LogP) is 3.05. The van der Waals surface area contributed by atoms with Crippen LogP contribution in [0.5, 0.6) is 5.75 Å². The Labute approximate surface area is 189 Å². The molecule has 1 unspecified atom stereocenters. The van der Waals surface area contributed by atoms with Gasteiger partial charge in [0, 0.05) is 31.2 Å². The van der Waals surface area contributed by atoms with Gasteiger partial charge in [-0.2, -0.15) is 0 Å². The number of guanidine groups is 1. The molecule has 0 aliphatic carbocycles. The van der Waals surface area contributed by atoms with Crippen molar-refractivity contribution in [3.63, 3.8) is 0 Å². The molecule has 1 aromatic carbocycles. The third-order valence-corrected chi connectivity index (χ3v) is 4.29. The molecule has 7 nitrogen and oxygen atoms in total. The maximum Gasteiger partial charge on any atom is 0.325 e. The van der Waals surface area contributed by atoms with Gasteiger partial charge in [0.15, 0.2) is 5.96 Å². The van der Waals surface area contributed by atoms with Crippen LogP contribution < -0.4 is 20.3 Å². The number of carbonyl (C=O) groups excluding carboxylic acids is 1. The number of benzene rings is 1. The lowest BCUT2D eigenvalue weighted by molar-refractivity contribution is -0.153. The number of hydrogen-bond acceptors (Lipinski definition) is 5. The Kier molecular flexibility index (Phi) is 9.62. The van der Waals surface area contributed by atoms with Crippen LogP contribution in [0.3, 0.4) is 0 Å². The molecule has 2 rings (SSSR count). The molecule has 1 atom stereocenters. The average molecular weight is 525 g/mol. The highest BCUT2D eigenvalue weighted by molar-refractivity contribution is 14.0. The van der Waals surface area contributed by atoms with E-state index < -0.39 is 5.60 Å². The van der Waals surface area contributed by atoms with Gasteiger partial charge in [-0.15, -0.1) is 24.0 Å². The topological polar surface area (TPSA) is 75.2 Å². The third-order valence-electron chi connectivity index (χ3n) is 4.05. The minimum atomic E-state index is -0.502. The number of carbonyl (C=O) groups is 1. The summed E-state index contributed by atoms with van der Waals surface area (Å²) in [6, 6.07) is 5.80. The fourth-order valence-corrected chi connectivity index (χ4v) is 3.09. The Morgan fingerprint density at radius 2 is 2.11 bits per heavy atom. The number of nitrogens with one attached hydrogen (secondary N) is 2. The van der Waals surface area contributed by atoms with Crippen LogP contribution in [0.4, 0.5) is 5.69 Å². The molecule has 0 aromatic heterocycles. The highest BCUT2D eigenvalue weighted by Gasteiger charge is 2.26. The van der Waals surface area contributed by atoms with E-state index in [2.05, 4.69) is 20.5 Å². The molecule has 9 heteroatoms. The molecule has 0 saturated carbocycles. The molecular formula is C19H30ClIN4O3. The number of hydrogen-bond donors (Lipinski definition) is 2. The van der Waals surface area contributed by atoms with E-state index >= 15 is 0 Å². The lowest BCUT2D eigenvalue weighted by Crippen LogP contribution is -2.46. The van der Waals surface area contributed by atoms with Crippen molar-refractivity contribution < 1.29 is 14.3 Å². The van der Waals surface area contributed by atoms with Crippen LogP contribution in [-0.2, 0) is 9.53 Å². The molecule has 28 heavy (non-hydrogen) atoms. The van der Waals surface area contributed by atoms with E-state index in [4.69, 9.17) is 21.1 Å². The zero-order valence-electron chi connectivity index (χ0n) is 17.0. The first-order valence-corrected chi connectivity index (χ1v) is 9.37. The Morgan fingerprint density at radius 3 is 2.71 bits per heavy atom. The van der Waals surface area contributed by atoms with Gasteiger partial charge in [-0.05, 0) is 45.4 Å². The maximum atomic E-state index is 11.9. The second-order valence-electron chi connectivity index (χ2n) is 7.40. The number of anilines is 1. The van der Waals surface area contributed by atoms with Gasteiger partial charge in [0.2, 0.25) is 0 Å². The first-order valence-electron chi connectivity index (χ1n) is 8.99. The van der Waals surface area contributed by atoms with Gasteiger partial charge in [0.1, 0.15) is 17.9 Å². The van der Waals surface area contributed by atoms with E-state index in [-0.39, 0.29) is 42.5 Å². The highest BCUT2D eigenvalue weighted by Crippen LogP contribution is 2.33. The van der Waals surface area contributed by atoms with Gasteiger partial charge in [0.25, 0.3) is 0 Å². The van der Waals surface area contributed by atoms with Crippen LogP contribution in [0.15, 0.2) is 23.2 Å². The fraction of sp³-hybridized carbons (Fsp3) is 0.579. The number of rotatable bonds is 5. The van der Waals surface area contributed by atoms with Crippen molar-refractivity contribution in [1.29, 1.82) is 0 Å². The number of aliphatic imine (C=N–C) groups is 1. The van der Waals surface area contributed by atoms with Gasteiger partial charge < -0.3 is 25.0 Å². The summed E-state index contributed by atoms with van der Waals surface area (Å²) in [7, 11) is 3.33. The second kappa shape index (κ2) is 10.9. The molecule has 2 N–H and O–H groups in total.